The monoisotopic (exact) mass is 238 g/mol. The highest BCUT2D eigenvalue weighted by molar-refractivity contribution is 5.81. The van der Waals surface area contributed by atoms with E-state index in [1.165, 1.54) is 0 Å². The van der Waals surface area contributed by atoms with E-state index in [9.17, 15) is 4.79 Å². The maximum atomic E-state index is 12.0. The molecule has 0 bridgehead atoms. The van der Waals surface area contributed by atoms with Gasteiger partial charge in [-0.2, -0.15) is 0 Å². The molecule has 5 nitrogen and oxygen atoms in total. The molecule has 0 saturated heterocycles. The third-order valence-corrected chi connectivity index (χ3v) is 2.95. The predicted molar refractivity (Wildman–Crippen MR) is 67.4 cm³/mol. The minimum atomic E-state index is -0.162. The van der Waals surface area contributed by atoms with Gasteiger partial charge in [0, 0.05) is 32.9 Å². The zero-order valence-electron chi connectivity index (χ0n) is 11.1. The smallest absolute Gasteiger partial charge is 0.239 e. The Kier molecular flexibility index (Phi) is 5.15. The molecule has 1 aromatic rings. The number of hydrogen-bond acceptors (Lipinski definition) is 3. The summed E-state index contributed by atoms with van der Waals surface area (Å²) in [6.45, 7) is 8.06. The van der Waals surface area contributed by atoms with Gasteiger partial charge >= 0.3 is 0 Å². The van der Waals surface area contributed by atoms with Gasteiger partial charge in [0.1, 0.15) is 0 Å². The summed E-state index contributed by atoms with van der Waals surface area (Å²) in [4.78, 5) is 17.9. The number of aromatic nitrogens is 2. The Morgan fingerprint density at radius 1 is 1.53 bits per heavy atom. The quantitative estimate of drug-likeness (QED) is 0.796. The minimum absolute atomic E-state index is 0.150. The van der Waals surface area contributed by atoms with Crippen LogP contribution >= 0.6 is 0 Å². The number of amides is 1. The lowest BCUT2D eigenvalue weighted by molar-refractivity contribution is -0.132. The second-order valence-electron chi connectivity index (χ2n) is 4.11. The van der Waals surface area contributed by atoms with Gasteiger partial charge < -0.3 is 14.8 Å². The van der Waals surface area contributed by atoms with Crippen molar-refractivity contribution in [2.24, 2.45) is 7.05 Å². The number of hydrogen-bond donors (Lipinski definition) is 1. The first kappa shape index (κ1) is 13.7. The van der Waals surface area contributed by atoms with Gasteiger partial charge in [-0.25, -0.2) is 4.98 Å². The maximum Gasteiger partial charge on any atom is 0.239 e. The lowest BCUT2D eigenvalue weighted by Gasteiger charge is -2.23. The number of rotatable bonds is 6. The van der Waals surface area contributed by atoms with E-state index in [2.05, 4.69) is 10.3 Å². The van der Waals surface area contributed by atoms with Gasteiger partial charge in [-0.15, -0.1) is 0 Å². The van der Waals surface area contributed by atoms with Crippen molar-refractivity contribution in [2.45, 2.75) is 33.4 Å². The van der Waals surface area contributed by atoms with E-state index >= 15 is 0 Å². The molecule has 0 radical (unpaired) electrons. The molecule has 1 N–H and O–H groups in total. The summed E-state index contributed by atoms with van der Waals surface area (Å²) in [5.41, 5.74) is 1.07. The minimum Gasteiger partial charge on any atom is -0.342 e. The second-order valence-corrected chi connectivity index (χ2v) is 4.11. The Labute approximate surface area is 103 Å². The van der Waals surface area contributed by atoms with Crippen LogP contribution in [0.4, 0.5) is 0 Å². The van der Waals surface area contributed by atoms with E-state index in [4.69, 9.17) is 0 Å². The van der Waals surface area contributed by atoms with Crippen molar-refractivity contribution in [3.63, 3.8) is 0 Å². The van der Waals surface area contributed by atoms with E-state index in [0.717, 1.165) is 18.8 Å². The van der Waals surface area contributed by atoms with Gasteiger partial charge in [0.25, 0.3) is 0 Å². The molecule has 17 heavy (non-hydrogen) atoms. The Morgan fingerprint density at radius 2 is 2.18 bits per heavy atom. The van der Waals surface area contributed by atoms with Crippen molar-refractivity contribution < 1.29 is 4.79 Å². The van der Waals surface area contributed by atoms with Crippen molar-refractivity contribution in [1.82, 2.24) is 19.8 Å². The third kappa shape index (κ3) is 3.56. The summed E-state index contributed by atoms with van der Waals surface area (Å²) in [5.74, 6) is 0.150. The lowest BCUT2D eigenvalue weighted by Crippen LogP contribution is -2.44. The molecule has 1 amide bonds. The summed E-state index contributed by atoms with van der Waals surface area (Å²) in [6.07, 6.45) is 3.56. The second kappa shape index (κ2) is 6.39. The molecule has 0 saturated carbocycles. The molecular weight excluding hydrogens is 216 g/mol. The first-order chi connectivity index (χ1) is 8.10. The van der Waals surface area contributed by atoms with Crippen LogP contribution in [0.2, 0.25) is 0 Å². The van der Waals surface area contributed by atoms with Crippen LogP contribution in [0.15, 0.2) is 12.5 Å². The van der Waals surface area contributed by atoms with Crippen LogP contribution in [-0.4, -0.2) is 39.5 Å². The molecule has 1 unspecified atom stereocenters. The van der Waals surface area contributed by atoms with Crippen molar-refractivity contribution in [2.75, 3.05) is 13.1 Å². The summed E-state index contributed by atoms with van der Waals surface area (Å²) in [6, 6.07) is -0.162. The van der Waals surface area contributed by atoms with E-state index in [-0.39, 0.29) is 11.9 Å². The van der Waals surface area contributed by atoms with Gasteiger partial charge in [0.15, 0.2) is 0 Å². The number of carbonyl (C=O) groups excluding carboxylic acids is 1. The first-order valence-electron chi connectivity index (χ1n) is 6.07. The van der Waals surface area contributed by atoms with Gasteiger partial charge in [-0.05, 0) is 20.8 Å². The fourth-order valence-corrected chi connectivity index (χ4v) is 1.71. The SMILES string of the molecule is CCN(CC)C(=O)C(C)NCc1cncn1C. The van der Waals surface area contributed by atoms with Crippen molar-refractivity contribution in [3.05, 3.63) is 18.2 Å². The molecule has 1 rings (SSSR count). The van der Waals surface area contributed by atoms with Gasteiger partial charge in [-0.3, -0.25) is 4.79 Å². The molecule has 0 aromatic carbocycles. The standard InChI is InChI=1S/C12H22N4O/c1-5-16(6-2)12(17)10(3)14-8-11-7-13-9-15(11)4/h7,9-10,14H,5-6,8H2,1-4H3. The predicted octanol–water partition coefficient (Wildman–Crippen LogP) is 0.767. The number of carbonyl (C=O) groups is 1. The van der Waals surface area contributed by atoms with Crippen LogP contribution < -0.4 is 5.32 Å². The van der Waals surface area contributed by atoms with E-state index in [1.54, 1.807) is 6.33 Å². The summed E-state index contributed by atoms with van der Waals surface area (Å²) < 4.78 is 1.95. The average molecular weight is 238 g/mol. The first-order valence-corrected chi connectivity index (χ1v) is 6.07. The number of likely N-dealkylation sites (N-methyl/N-ethyl adjacent to an activating group) is 1. The number of nitrogens with zero attached hydrogens (tertiary/aromatic N) is 3. The zero-order chi connectivity index (χ0) is 12.8. The molecule has 0 fully saturated rings. The van der Waals surface area contributed by atoms with Crippen LogP contribution in [0.1, 0.15) is 26.5 Å². The average Bonchev–Trinajstić information content (AvgIpc) is 2.73. The van der Waals surface area contributed by atoms with Crippen LogP contribution in [0.25, 0.3) is 0 Å². The highest BCUT2D eigenvalue weighted by atomic mass is 16.2. The Bertz CT molecular complexity index is 357. The summed E-state index contributed by atoms with van der Waals surface area (Å²) in [7, 11) is 1.95. The molecule has 1 aromatic heterocycles. The van der Waals surface area contributed by atoms with E-state index in [0.29, 0.717) is 6.54 Å². The molecule has 1 heterocycles. The largest absolute Gasteiger partial charge is 0.342 e. The van der Waals surface area contributed by atoms with Gasteiger partial charge in [0.2, 0.25) is 5.91 Å². The maximum absolute atomic E-state index is 12.0. The molecule has 5 heteroatoms. The van der Waals surface area contributed by atoms with Gasteiger partial charge in [0.05, 0.1) is 18.1 Å². The van der Waals surface area contributed by atoms with E-state index < -0.39 is 0 Å². The number of aryl methyl sites for hydroxylation is 1. The van der Waals surface area contributed by atoms with Crippen LogP contribution in [-0.2, 0) is 18.4 Å². The Morgan fingerprint density at radius 3 is 2.65 bits per heavy atom. The van der Waals surface area contributed by atoms with Gasteiger partial charge in [-0.1, -0.05) is 0 Å². The fourth-order valence-electron chi connectivity index (χ4n) is 1.71. The number of nitrogens with one attached hydrogen (secondary N) is 1. The Balaban J connectivity index is 2.47. The van der Waals surface area contributed by atoms with Crippen LogP contribution in [0, 0.1) is 0 Å². The molecule has 0 aliphatic heterocycles. The highest BCUT2D eigenvalue weighted by Gasteiger charge is 2.17. The zero-order valence-corrected chi connectivity index (χ0v) is 11.1. The normalized spacial score (nSPS) is 12.5. The van der Waals surface area contributed by atoms with Crippen molar-refractivity contribution in [1.29, 1.82) is 0 Å². The third-order valence-electron chi connectivity index (χ3n) is 2.95. The van der Waals surface area contributed by atoms with Crippen molar-refractivity contribution >= 4 is 5.91 Å². The summed E-state index contributed by atoms with van der Waals surface area (Å²) in [5, 5.41) is 3.22. The lowest BCUT2D eigenvalue weighted by atomic mass is 10.2. The van der Waals surface area contributed by atoms with Crippen LogP contribution in [0.3, 0.4) is 0 Å². The number of imidazole rings is 1. The molecule has 96 valence electrons. The van der Waals surface area contributed by atoms with Crippen LogP contribution in [0.5, 0.6) is 0 Å². The topological polar surface area (TPSA) is 50.2 Å². The fraction of sp³-hybridized carbons (Fsp3) is 0.667. The summed E-state index contributed by atoms with van der Waals surface area (Å²) >= 11 is 0. The van der Waals surface area contributed by atoms with E-state index in [1.807, 2.05) is 43.5 Å². The molecule has 0 aliphatic rings. The highest BCUT2D eigenvalue weighted by Crippen LogP contribution is 1.99. The molecule has 0 spiro atoms. The molecule has 0 aliphatic carbocycles. The van der Waals surface area contributed by atoms with Crippen molar-refractivity contribution in [3.8, 4) is 0 Å². The Hall–Kier alpha value is -1.36. The molecule has 1 atom stereocenters. The molecular formula is C12H22N4O.